The Bertz CT molecular complexity index is 1260. The standard InChI is InChI=1S/C24H20ClN3O2S/c1-14-6-4-5-7-21(14)28-23(30)20(22(29)26-24(28)31)13-17-12-15(2)27(16(17)3)19-10-8-18(25)9-11-19/h4-13H,1-3H3,(H,26,29,31)/b20-13-. The molecule has 0 bridgehead atoms. The summed E-state index contributed by atoms with van der Waals surface area (Å²) in [5.41, 5.74) is 5.18. The number of thiocarbonyl (C=S) groups is 1. The topological polar surface area (TPSA) is 54.3 Å². The monoisotopic (exact) mass is 449 g/mol. The van der Waals surface area contributed by atoms with Crippen molar-refractivity contribution in [3.63, 3.8) is 0 Å². The SMILES string of the molecule is Cc1ccccc1N1C(=O)/C(=C\c2cc(C)n(-c3ccc(Cl)cc3)c2C)C(=O)NC1=S. The second-order valence-electron chi connectivity index (χ2n) is 7.38. The summed E-state index contributed by atoms with van der Waals surface area (Å²) in [6, 6.07) is 16.9. The molecule has 1 fully saturated rings. The number of hydrogen-bond acceptors (Lipinski definition) is 3. The maximum Gasteiger partial charge on any atom is 0.270 e. The van der Waals surface area contributed by atoms with Gasteiger partial charge in [-0.05, 0) is 86.6 Å². The molecule has 1 saturated heterocycles. The highest BCUT2D eigenvalue weighted by atomic mass is 35.5. The lowest BCUT2D eigenvalue weighted by molar-refractivity contribution is -0.122. The minimum Gasteiger partial charge on any atom is -0.318 e. The van der Waals surface area contributed by atoms with Crippen LogP contribution in [0, 0.1) is 20.8 Å². The quantitative estimate of drug-likeness (QED) is 0.352. The number of para-hydroxylation sites is 1. The summed E-state index contributed by atoms with van der Waals surface area (Å²) in [4.78, 5) is 27.3. The van der Waals surface area contributed by atoms with Gasteiger partial charge in [0.15, 0.2) is 5.11 Å². The van der Waals surface area contributed by atoms with E-state index < -0.39 is 11.8 Å². The van der Waals surface area contributed by atoms with E-state index in [1.54, 1.807) is 12.1 Å². The Morgan fingerprint density at radius 2 is 1.68 bits per heavy atom. The minimum atomic E-state index is -0.504. The molecule has 0 atom stereocenters. The molecule has 1 aromatic heterocycles. The highest BCUT2D eigenvalue weighted by molar-refractivity contribution is 7.80. The molecule has 3 aromatic rings. The van der Waals surface area contributed by atoms with E-state index in [0.29, 0.717) is 10.7 Å². The van der Waals surface area contributed by atoms with E-state index >= 15 is 0 Å². The summed E-state index contributed by atoms with van der Waals surface area (Å²) >= 11 is 11.3. The minimum absolute atomic E-state index is 0.0354. The van der Waals surface area contributed by atoms with Crippen LogP contribution in [0.4, 0.5) is 5.69 Å². The first-order valence-corrected chi connectivity index (χ1v) is 10.5. The lowest BCUT2D eigenvalue weighted by atomic mass is 10.1. The van der Waals surface area contributed by atoms with E-state index in [1.807, 2.05) is 69.3 Å². The number of aromatic nitrogens is 1. The Labute approximate surface area is 190 Å². The molecule has 0 saturated carbocycles. The summed E-state index contributed by atoms with van der Waals surface area (Å²) < 4.78 is 2.05. The molecule has 1 aliphatic rings. The molecule has 156 valence electrons. The number of rotatable bonds is 3. The van der Waals surface area contributed by atoms with Gasteiger partial charge in [-0.15, -0.1) is 0 Å². The zero-order chi connectivity index (χ0) is 22.3. The van der Waals surface area contributed by atoms with Crippen molar-refractivity contribution in [1.29, 1.82) is 0 Å². The van der Waals surface area contributed by atoms with Gasteiger partial charge in [0.25, 0.3) is 11.8 Å². The van der Waals surface area contributed by atoms with Crippen LogP contribution in [-0.4, -0.2) is 21.5 Å². The zero-order valence-electron chi connectivity index (χ0n) is 17.3. The van der Waals surface area contributed by atoms with Crippen molar-refractivity contribution in [1.82, 2.24) is 9.88 Å². The van der Waals surface area contributed by atoms with Crippen LogP contribution >= 0.6 is 23.8 Å². The van der Waals surface area contributed by atoms with Gasteiger partial charge in [0.2, 0.25) is 0 Å². The molecule has 0 aliphatic carbocycles. The predicted molar refractivity (Wildman–Crippen MR) is 128 cm³/mol. The van der Waals surface area contributed by atoms with E-state index in [9.17, 15) is 9.59 Å². The van der Waals surface area contributed by atoms with Crippen LogP contribution in [0.15, 0.2) is 60.2 Å². The van der Waals surface area contributed by atoms with Gasteiger partial charge in [0, 0.05) is 22.1 Å². The third-order valence-electron chi connectivity index (χ3n) is 5.31. The van der Waals surface area contributed by atoms with Crippen molar-refractivity contribution in [2.24, 2.45) is 0 Å². The van der Waals surface area contributed by atoms with Crippen molar-refractivity contribution in [2.75, 3.05) is 4.90 Å². The number of halogens is 1. The Morgan fingerprint density at radius 1 is 1.00 bits per heavy atom. The Kier molecular flexibility index (Phi) is 5.52. The van der Waals surface area contributed by atoms with Gasteiger partial charge in [-0.3, -0.25) is 19.8 Å². The van der Waals surface area contributed by atoms with Gasteiger partial charge in [-0.2, -0.15) is 0 Å². The lowest BCUT2D eigenvalue weighted by Gasteiger charge is -2.30. The number of benzene rings is 2. The number of amides is 2. The Balaban J connectivity index is 1.77. The summed E-state index contributed by atoms with van der Waals surface area (Å²) in [7, 11) is 0. The average Bonchev–Trinajstić information content (AvgIpc) is 3.00. The highest BCUT2D eigenvalue weighted by Gasteiger charge is 2.35. The van der Waals surface area contributed by atoms with Crippen molar-refractivity contribution in [2.45, 2.75) is 20.8 Å². The smallest absolute Gasteiger partial charge is 0.270 e. The molecular weight excluding hydrogens is 430 g/mol. The predicted octanol–water partition coefficient (Wildman–Crippen LogP) is 4.89. The molecule has 0 spiro atoms. The fourth-order valence-corrected chi connectivity index (χ4v) is 4.17. The summed E-state index contributed by atoms with van der Waals surface area (Å²) in [5, 5.41) is 3.38. The van der Waals surface area contributed by atoms with Crippen molar-refractivity contribution in [3.05, 3.63) is 87.7 Å². The maximum atomic E-state index is 13.3. The molecular formula is C24H20ClN3O2S. The average molecular weight is 450 g/mol. The maximum absolute atomic E-state index is 13.3. The second-order valence-corrected chi connectivity index (χ2v) is 8.21. The van der Waals surface area contributed by atoms with Crippen molar-refractivity contribution >= 4 is 52.5 Å². The number of carbonyl (C=O) groups is 2. The van der Waals surface area contributed by atoms with E-state index in [0.717, 1.165) is 28.2 Å². The summed E-state index contributed by atoms with van der Waals surface area (Å²) in [6.45, 7) is 5.81. The number of anilines is 1. The van der Waals surface area contributed by atoms with Crippen LogP contribution in [-0.2, 0) is 9.59 Å². The number of nitrogens with zero attached hydrogens (tertiary/aromatic N) is 2. The molecule has 7 heteroatoms. The molecule has 31 heavy (non-hydrogen) atoms. The fraction of sp³-hybridized carbons (Fsp3) is 0.125. The molecule has 0 unspecified atom stereocenters. The molecule has 5 nitrogen and oxygen atoms in total. The fourth-order valence-electron chi connectivity index (χ4n) is 3.77. The largest absolute Gasteiger partial charge is 0.318 e. The van der Waals surface area contributed by atoms with Gasteiger partial charge in [-0.1, -0.05) is 29.8 Å². The molecule has 2 aromatic carbocycles. The zero-order valence-corrected chi connectivity index (χ0v) is 18.8. The van der Waals surface area contributed by atoms with Crippen molar-refractivity contribution < 1.29 is 9.59 Å². The lowest BCUT2D eigenvalue weighted by Crippen LogP contribution is -2.54. The first-order valence-electron chi connectivity index (χ1n) is 9.70. The number of aryl methyl sites for hydroxylation is 2. The van der Waals surface area contributed by atoms with Gasteiger partial charge in [0.1, 0.15) is 5.57 Å². The summed E-state index contributed by atoms with van der Waals surface area (Å²) in [5.74, 6) is -0.949. The molecule has 4 rings (SSSR count). The molecule has 1 aliphatic heterocycles. The first kappa shape index (κ1) is 21.0. The normalized spacial score (nSPS) is 15.5. The van der Waals surface area contributed by atoms with Gasteiger partial charge >= 0.3 is 0 Å². The third kappa shape index (κ3) is 3.80. The third-order valence-corrected chi connectivity index (χ3v) is 5.85. The van der Waals surface area contributed by atoms with Crippen LogP contribution in [0.5, 0.6) is 0 Å². The number of nitrogens with one attached hydrogen (secondary N) is 1. The van der Waals surface area contributed by atoms with E-state index in [2.05, 4.69) is 9.88 Å². The number of carbonyl (C=O) groups excluding carboxylic acids is 2. The Morgan fingerprint density at radius 3 is 2.35 bits per heavy atom. The second kappa shape index (κ2) is 8.13. The van der Waals surface area contributed by atoms with E-state index in [1.165, 1.54) is 4.90 Å². The highest BCUT2D eigenvalue weighted by Crippen LogP contribution is 2.27. The van der Waals surface area contributed by atoms with E-state index in [4.69, 9.17) is 23.8 Å². The Hall–Kier alpha value is -3.22. The van der Waals surface area contributed by atoms with Crippen LogP contribution in [0.1, 0.15) is 22.5 Å². The van der Waals surface area contributed by atoms with Crippen LogP contribution in [0.3, 0.4) is 0 Å². The van der Waals surface area contributed by atoms with Crippen LogP contribution in [0.25, 0.3) is 11.8 Å². The van der Waals surface area contributed by atoms with Crippen LogP contribution < -0.4 is 10.2 Å². The molecule has 2 amide bonds. The van der Waals surface area contributed by atoms with Gasteiger partial charge in [-0.25, -0.2) is 0 Å². The van der Waals surface area contributed by atoms with Crippen LogP contribution in [0.2, 0.25) is 5.02 Å². The molecule has 1 N–H and O–H groups in total. The number of hydrogen-bond donors (Lipinski definition) is 1. The van der Waals surface area contributed by atoms with Crippen molar-refractivity contribution in [3.8, 4) is 5.69 Å². The molecule has 0 radical (unpaired) electrons. The first-order chi connectivity index (χ1) is 14.8. The molecule has 2 heterocycles. The summed E-state index contributed by atoms with van der Waals surface area (Å²) in [6.07, 6.45) is 1.62. The van der Waals surface area contributed by atoms with Gasteiger partial charge in [0.05, 0.1) is 5.69 Å². The van der Waals surface area contributed by atoms with Gasteiger partial charge < -0.3 is 4.57 Å². The van der Waals surface area contributed by atoms with E-state index in [-0.39, 0.29) is 10.7 Å².